The van der Waals surface area contributed by atoms with Crippen LogP contribution in [0.5, 0.6) is 0 Å². The Kier molecular flexibility index (Phi) is 8.31. The van der Waals surface area contributed by atoms with Crippen molar-refractivity contribution in [3.63, 3.8) is 0 Å². The van der Waals surface area contributed by atoms with E-state index in [1.54, 1.807) is 32.9 Å². The van der Waals surface area contributed by atoms with E-state index < -0.39 is 29.7 Å². The summed E-state index contributed by atoms with van der Waals surface area (Å²) in [5.41, 5.74) is 0.262. The van der Waals surface area contributed by atoms with E-state index in [9.17, 15) is 19.5 Å². The molecule has 2 atom stereocenters. The number of carbonyl (C=O) groups excluding carboxylic acids is 2. The number of nitrogens with one attached hydrogen (secondary N) is 1. The minimum Gasteiger partial charge on any atom is -0.480 e. The van der Waals surface area contributed by atoms with Gasteiger partial charge in [0.1, 0.15) is 17.7 Å². The highest BCUT2D eigenvalue weighted by Gasteiger charge is 2.38. The van der Waals surface area contributed by atoms with Crippen LogP contribution in [-0.4, -0.2) is 70.2 Å². The van der Waals surface area contributed by atoms with E-state index in [1.165, 1.54) is 4.90 Å². The molecule has 0 aliphatic carbocycles. The van der Waals surface area contributed by atoms with Gasteiger partial charge in [-0.25, -0.2) is 4.79 Å². The molecule has 0 unspecified atom stereocenters. The first-order chi connectivity index (χ1) is 14.4. The van der Waals surface area contributed by atoms with Gasteiger partial charge in [-0.2, -0.15) is 0 Å². The van der Waals surface area contributed by atoms with Gasteiger partial charge >= 0.3 is 12.1 Å². The normalized spacial score (nSPS) is 18.5. The number of benzene rings is 1. The van der Waals surface area contributed by atoms with E-state index in [1.807, 2.05) is 30.9 Å². The van der Waals surface area contributed by atoms with Gasteiger partial charge in [-0.05, 0) is 44.4 Å². The van der Waals surface area contributed by atoms with Crippen LogP contribution < -0.4 is 5.32 Å². The molecule has 2 amide bonds. The van der Waals surface area contributed by atoms with Crippen LogP contribution in [0.25, 0.3) is 0 Å². The molecule has 9 heteroatoms. The summed E-state index contributed by atoms with van der Waals surface area (Å²) in [6.07, 6.45) is -0.671. The van der Waals surface area contributed by atoms with E-state index in [0.717, 1.165) is 5.56 Å². The summed E-state index contributed by atoms with van der Waals surface area (Å²) < 4.78 is 5.27. The molecule has 1 aliphatic heterocycles. The number of hydrogen-bond donors (Lipinski definition) is 2. The van der Waals surface area contributed by atoms with Gasteiger partial charge < -0.3 is 20.1 Å². The number of aliphatic carboxylic acids is 1. The molecule has 2 rings (SSSR count). The van der Waals surface area contributed by atoms with E-state index >= 15 is 0 Å². The van der Waals surface area contributed by atoms with Gasteiger partial charge in [0.25, 0.3) is 0 Å². The number of halogens is 1. The lowest BCUT2D eigenvalue weighted by atomic mass is 10.0. The molecule has 1 saturated heterocycles. The van der Waals surface area contributed by atoms with Crippen molar-refractivity contribution in [1.29, 1.82) is 0 Å². The first kappa shape index (κ1) is 24.9. The van der Waals surface area contributed by atoms with Gasteiger partial charge in [0.05, 0.1) is 0 Å². The zero-order valence-electron chi connectivity index (χ0n) is 18.7. The molecule has 172 valence electrons. The topological polar surface area (TPSA) is 99.2 Å². The molecule has 0 bridgehead atoms. The van der Waals surface area contributed by atoms with Gasteiger partial charge in [-0.3, -0.25) is 14.5 Å². The van der Waals surface area contributed by atoms with Crippen molar-refractivity contribution >= 4 is 29.6 Å². The van der Waals surface area contributed by atoms with Crippen molar-refractivity contribution in [3.8, 4) is 0 Å². The summed E-state index contributed by atoms with van der Waals surface area (Å²) in [6, 6.07) is 5.61. The number of carboxylic acids is 1. The largest absolute Gasteiger partial charge is 0.480 e. The van der Waals surface area contributed by atoms with Crippen LogP contribution in [0.15, 0.2) is 24.3 Å². The average Bonchev–Trinajstić information content (AvgIpc) is 2.66. The lowest BCUT2D eigenvalue weighted by molar-refractivity contribution is -0.149. The summed E-state index contributed by atoms with van der Waals surface area (Å²) in [4.78, 5) is 40.6. The Balaban J connectivity index is 2.08. The van der Waals surface area contributed by atoms with Crippen molar-refractivity contribution in [3.05, 3.63) is 34.9 Å². The number of alkyl carbamates (subject to hydrolysis) is 1. The number of piperazine rings is 1. The molecule has 8 nitrogen and oxygen atoms in total. The smallest absolute Gasteiger partial charge is 0.408 e. The van der Waals surface area contributed by atoms with Crippen LogP contribution in [0, 0.1) is 5.92 Å². The van der Waals surface area contributed by atoms with Crippen LogP contribution >= 0.6 is 11.6 Å². The Bertz CT molecular complexity index is 791. The van der Waals surface area contributed by atoms with Crippen LogP contribution in [0.4, 0.5) is 4.79 Å². The molecular formula is C22H32ClN3O5. The molecule has 0 radical (unpaired) electrons. The van der Waals surface area contributed by atoms with E-state index in [2.05, 4.69) is 5.32 Å². The second-order valence-corrected chi connectivity index (χ2v) is 9.54. The lowest BCUT2D eigenvalue weighted by Gasteiger charge is -2.41. The fourth-order valence-electron chi connectivity index (χ4n) is 3.41. The molecule has 2 N–H and O–H groups in total. The second-order valence-electron chi connectivity index (χ2n) is 9.10. The molecular weight excluding hydrogens is 422 g/mol. The maximum Gasteiger partial charge on any atom is 0.408 e. The minimum absolute atomic E-state index is 0.0426. The Morgan fingerprint density at radius 1 is 1.19 bits per heavy atom. The van der Waals surface area contributed by atoms with Gasteiger partial charge in [-0.1, -0.05) is 37.6 Å². The van der Waals surface area contributed by atoms with Crippen molar-refractivity contribution in [2.45, 2.75) is 58.8 Å². The molecule has 1 heterocycles. The second kappa shape index (κ2) is 10.3. The third-order valence-corrected chi connectivity index (χ3v) is 5.24. The highest BCUT2D eigenvalue weighted by molar-refractivity contribution is 6.30. The summed E-state index contributed by atoms with van der Waals surface area (Å²) >= 11 is 5.92. The monoisotopic (exact) mass is 453 g/mol. The van der Waals surface area contributed by atoms with Gasteiger partial charge in [0, 0.05) is 31.2 Å². The summed E-state index contributed by atoms with van der Waals surface area (Å²) in [5.74, 6) is -1.48. The Morgan fingerprint density at radius 3 is 2.32 bits per heavy atom. The zero-order valence-corrected chi connectivity index (χ0v) is 19.5. The number of carbonyl (C=O) groups is 3. The third-order valence-electron chi connectivity index (χ3n) is 4.99. The number of nitrogens with zero attached hydrogens (tertiary/aromatic N) is 2. The fourth-order valence-corrected chi connectivity index (χ4v) is 3.54. The molecule has 1 aromatic carbocycles. The number of hydrogen-bond acceptors (Lipinski definition) is 5. The Labute approximate surface area is 188 Å². The third kappa shape index (κ3) is 7.40. The van der Waals surface area contributed by atoms with Gasteiger partial charge in [0.15, 0.2) is 0 Å². The van der Waals surface area contributed by atoms with E-state index in [4.69, 9.17) is 16.3 Å². The Hall–Kier alpha value is -2.32. The Morgan fingerprint density at radius 2 is 1.81 bits per heavy atom. The summed E-state index contributed by atoms with van der Waals surface area (Å²) in [6.45, 7) is 10.2. The summed E-state index contributed by atoms with van der Waals surface area (Å²) in [5, 5.41) is 13.0. The molecule has 31 heavy (non-hydrogen) atoms. The number of rotatable bonds is 6. The van der Waals surface area contributed by atoms with E-state index in [-0.39, 0.29) is 18.4 Å². The standard InChI is InChI=1S/C22H32ClN3O5/c1-14(2)18(24-21(30)31-22(3,4)5)19(27)26-11-10-25(17(13-26)20(28)29)12-15-6-8-16(23)9-7-15/h6-9,14,17-18H,10-13H2,1-5H3,(H,24,30)(H,28,29)/t17-,18+/m1/s1. The number of carboxylic acid groups (broad SMARTS) is 1. The van der Waals surface area contributed by atoms with E-state index in [0.29, 0.717) is 24.7 Å². The molecule has 0 saturated carbocycles. The quantitative estimate of drug-likeness (QED) is 0.687. The van der Waals surface area contributed by atoms with Crippen LogP contribution in [0.1, 0.15) is 40.2 Å². The highest BCUT2D eigenvalue weighted by atomic mass is 35.5. The lowest BCUT2D eigenvalue weighted by Crippen LogP contribution is -2.61. The van der Waals surface area contributed by atoms with Crippen LogP contribution in [-0.2, 0) is 20.9 Å². The molecule has 1 fully saturated rings. The maximum absolute atomic E-state index is 13.1. The summed E-state index contributed by atoms with van der Waals surface area (Å²) in [7, 11) is 0. The fraction of sp³-hybridized carbons (Fsp3) is 0.591. The van der Waals surface area contributed by atoms with Crippen LogP contribution in [0.3, 0.4) is 0 Å². The molecule has 0 aromatic heterocycles. The molecule has 1 aliphatic rings. The highest BCUT2D eigenvalue weighted by Crippen LogP contribution is 2.19. The van der Waals surface area contributed by atoms with Crippen molar-refractivity contribution in [2.75, 3.05) is 19.6 Å². The van der Waals surface area contributed by atoms with Gasteiger partial charge in [-0.15, -0.1) is 0 Å². The van der Waals surface area contributed by atoms with Gasteiger partial charge in [0.2, 0.25) is 5.91 Å². The number of ether oxygens (including phenoxy) is 1. The van der Waals surface area contributed by atoms with Crippen molar-refractivity contribution in [2.24, 2.45) is 5.92 Å². The minimum atomic E-state index is -0.993. The zero-order chi connectivity index (χ0) is 23.3. The maximum atomic E-state index is 13.1. The van der Waals surface area contributed by atoms with Crippen LogP contribution in [0.2, 0.25) is 5.02 Å². The predicted octanol–water partition coefficient (Wildman–Crippen LogP) is 2.99. The number of amides is 2. The first-order valence-electron chi connectivity index (χ1n) is 10.4. The SMILES string of the molecule is CC(C)[C@H](NC(=O)OC(C)(C)C)C(=O)N1CCN(Cc2ccc(Cl)cc2)[C@@H](C(=O)O)C1. The predicted molar refractivity (Wildman–Crippen MR) is 118 cm³/mol. The van der Waals surface area contributed by atoms with Crippen molar-refractivity contribution < 1.29 is 24.2 Å². The molecule has 0 spiro atoms. The average molecular weight is 454 g/mol. The first-order valence-corrected chi connectivity index (χ1v) is 10.7. The molecule has 1 aromatic rings. The van der Waals surface area contributed by atoms with Crippen molar-refractivity contribution in [1.82, 2.24) is 15.1 Å².